The van der Waals surface area contributed by atoms with Gasteiger partial charge in [0, 0.05) is 24.8 Å². The van der Waals surface area contributed by atoms with E-state index in [2.05, 4.69) is 0 Å². The van der Waals surface area contributed by atoms with Crippen LogP contribution in [0, 0.1) is 0 Å². The predicted octanol–water partition coefficient (Wildman–Crippen LogP) is 3.54. The van der Waals surface area contributed by atoms with Crippen molar-refractivity contribution >= 4 is 17.4 Å². The van der Waals surface area contributed by atoms with Gasteiger partial charge in [0.25, 0.3) is 11.7 Å². The van der Waals surface area contributed by atoms with E-state index in [1.54, 1.807) is 30.3 Å². The molecule has 2 aromatic carbocycles. The first-order valence-electron chi connectivity index (χ1n) is 9.54. The molecule has 2 aromatic rings. The van der Waals surface area contributed by atoms with Crippen LogP contribution in [0.15, 0.2) is 60.2 Å². The average Bonchev–Trinajstić information content (AvgIpc) is 2.97. The molecule has 1 atom stereocenters. The van der Waals surface area contributed by atoms with E-state index in [1.807, 2.05) is 38.1 Å². The molecule has 1 aliphatic heterocycles. The van der Waals surface area contributed by atoms with Gasteiger partial charge in [0.05, 0.1) is 24.3 Å². The molecule has 0 aliphatic carbocycles. The lowest BCUT2D eigenvalue weighted by molar-refractivity contribution is -0.140. The molecule has 6 heteroatoms. The molecule has 0 saturated carbocycles. The van der Waals surface area contributed by atoms with E-state index in [9.17, 15) is 14.7 Å². The Morgan fingerprint density at radius 1 is 1.07 bits per heavy atom. The molecule has 1 heterocycles. The molecule has 152 valence electrons. The molecule has 0 radical (unpaired) electrons. The van der Waals surface area contributed by atoms with Crippen LogP contribution in [-0.4, -0.2) is 48.1 Å². The highest BCUT2D eigenvalue weighted by Crippen LogP contribution is 2.42. The number of amides is 1. The molecule has 1 unspecified atom stereocenters. The van der Waals surface area contributed by atoms with Crippen LogP contribution in [0.3, 0.4) is 0 Å². The van der Waals surface area contributed by atoms with Crippen molar-refractivity contribution in [1.82, 2.24) is 4.90 Å². The molecule has 29 heavy (non-hydrogen) atoms. The first kappa shape index (κ1) is 20.6. The summed E-state index contributed by atoms with van der Waals surface area (Å²) >= 11 is 0. The molecule has 0 bridgehead atoms. The zero-order chi connectivity index (χ0) is 21.0. The minimum Gasteiger partial charge on any atom is -0.507 e. The van der Waals surface area contributed by atoms with Crippen LogP contribution in [0.2, 0.25) is 0 Å². The van der Waals surface area contributed by atoms with Crippen LogP contribution in [0.25, 0.3) is 5.76 Å². The number of aliphatic hydroxyl groups is 1. The second-order valence-electron chi connectivity index (χ2n) is 7.06. The first-order valence-corrected chi connectivity index (χ1v) is 9.54. The fourth-order valence-corrected chi connectivity index (χ4v) is 3.44. The largest absolute Gasteiger partial charge is 0.507 e. The van der Waals surface area contributed by atoms with Crippen molar-refractivity contribution in [2.24, 2.45) is 0 Å². The average molecular weight is 395 g/mol. The highest BCUT2D eigenvalue weighted by atomic mass is 16.5. The van der Waals surface area contributed by atoms with E-state index in [4.69, 9.17) is 9.47 Å². The maximum absolute atomic E-state index is 12.9. The van der Waals surface area contributed by atoms with Crippen molar-refractivity contribution in [2.75, 3.05) is 20.3 Å². The Morgan fingerprint density at radius 3 is 2.38 bits per heavy atom. The summed E-state index contributed by atoms with van der Waals surface area (Å²) in [6.07, 6.45) is -0.0912. The van der Waals surface area contributed by atoms with Gasteiger partial charge in [-0.3, -0.25) is 9.59 Å². The van der Waals surface area contributed by atoms with Gasteiger partial charge in [-0.25, -0.2) is 0 Å². The van der Waals surface area contributed by atoms with Gasteiger partial charge in [-0.15, -0.1) is 0 Å². The molecular formula is C23H25NO5. The minimum atomic E-state index is -0.764. The predicted molar refractivity (Wildman–Crippen MR) is 110 cm³/mol. The lowest BCUT2D eigenvalue weighted by atomic mass is 9.94. The molecule has 0 aromatic heterocycles. The van der Waals surface area contributed by atoms with Crippen molar-refractivity contribution in [3.05, 3.63) is 71.3 Å². The number of aliphatic hydroxyl groups excluding tert-OH is 1. The van der Waals surface area contributed by atoms with Crippen molar-refractivity contribution in [1.29, 1.82) is 0 Å². The number of benzene rings is 2. The SMILES string of the molecule is COCCN1C(=O)C(=O)/C(=C(\O)c2ccccc2)C1c1ccccc1OC(C)C. The van der Waals surface area contributed by atoms with Crippen LogP contribution in [0.1, 0.15) is 31.0 Å². The summed E-state index contributed by atoms with van der Waals surface area (Å²) in [4.78, 5) is 27.2. The number of hydrogen-bond donors (Lipinski definition) is 1. The standard InChI is InChI=1S/C23H25NO5/c1-15(2)29-18-12-8-7-11-17(18)20-19(21(25)16-9-5-4-6-10-16)22(26)23(27)24(20)13-14-28-3/h4-12,15,20,25H,13-14H2,1-3H3/b21-19-. The smallest absolute Gasteiger partial charge is 0.295 e. The number of hydrogen-bond acceptors (Lipinski definition) is 5. The van der Waals surface area contributed by atoms with Crippen molar-refractivity contribution in [2.45, 2.75) is 26.0 Å². The Morgan fingerprint density at radius 2 is 1.72 bits per heavy atom. The summed E-state index contributed by atoms with van der Waals surface area (Å²) < 4.78 is 11.1. The second-order valence-corrected chi connectivity index (χ2v) is 7.06. The van der Waals surface area contributed by atoms with Crippen LogP contribution in [0.4, 0.5) is 0 Å². The van der Waals surface area contributed by atoms with E-state index in [0.29, 0.717) is 16.9 Å². The zero-order valence-corrected chi connectivity index (χ0v) is 16.8. The Bertz CT molecular complexity index is 920. The van der Waals surface area contributed by atoms with Gasteiger partial charge in [0.15, 0.2) is 0 Å². The number of Topliss-reactive ketones (excluding diaryl/α,β-unsaturated/α-hetero) is 1. The van der Waals surface area contributed by atoms with E-state index in [-0.39, 0.29) is 30.6 Å². The third-order valence-electron chi connectivity index (χ3n) is 4.70. The van der Waals surface area contributed by atoms with Gasteiger partial charge >= 0.3 is 0 Å². The number of rotatable bonds is 7. The molecule has 1 saturated heterocycles. The summed E-state index contributed by atoms with van der Waals surface area (Å²) in [7, 11) is 1.53. The number of ether oxygens (including phenoxy) is 2. The van der Waals surface area contributed by atoms with Crippen LogP contribution >= 0.6 is 0 Å². The number of methoxy groups -OCH3 is 1. The van der Waals surface area contributed by atoms with Gasteiger partial charge < -0.3 is 19.5 Å². The summed E-state index contributed by atoms with van der Waals surface area (Å²) in [6.45, 7) is 4.29. The van der Waals surface area contributed by atoms with E-state index < -0.39 is 17.7 Å². The monoisotopic (exact) mass is 395 g/mol. The number of likely N-dealkylation sites (tertiary alicyclic amines) is 1. The second kappa shape index (κ2) is 8.92. The van der Waals surface area contributed by atoms with Crippen LogP contribution in [0.5, 0.6) is 5.75 Å². The maximum atomic E-state index is 12.9. The third-order valence-corrected chi connectivity index (χ3v) is 4.70. The molecular weight excluding hydrogens is 370 g/mol. The molecule has 1 aliphatic rings. The van der Waals surface area contributed by atoms with Crippen LogP contribution < -0.4 is 4.74 Å². The minimum absolute atomic E-state index is 0.0529. The first-order chi connectivity index (χ1) is 14.0. The quantitative estimate of drug-likeness (QED) is 0.441. The lowest BCUT2D eigenvalue weighted by Crippen LogP contribution is -2.33. The van der Waals surface area contributed by atoms with E-state index >= 15 is 0 Å². The van der Waals surface area contributed by atoms with Crippen molar-refractivity contribution < 1.29 is 24.2 Å². The van der Waals surface area contributed by atoms with Gasteiger partial charge in [0.1, 0.15) is 11.5 Å². The topological polar surface area (TPSA) is 76.1 Å². The van der Waals surface area contributed by atoms with Gasteiger partial charge in [0.2, 0.25) is 0 Å². The number of carbonyl (C=O) groups is 2. The Balaban J connectivity index is 2.19. The molecule has 6 nitrogen and oxygen atoms in total. The number of ketones is 1. The normalized spacial score (nSPS) is 18.5. The molecule has 1 N–H and O–H groups in total. The molecule has 1 fully saturated rings. The number of nitrogens with zero attached hydrogens (tertiary/aromatic N) is 1. The summed E-state index contributed by atoms with van der Waals surface area (Å²) in [5.41, 5.74) is 1.18. The zero-order valence-electron chi connectivity index (χ0n) is 16.8. The van der Waals surface area contributed by atoms with Crippen molar-refractivity contribution in [3.8, 4) is 5.75 Å². The molecule has 1 amide bonds. The van der Waals surface area contributed by atoms with Crippen LogP contribution in [-0.2, 0) is 14.3 Å². The van der Waals surface area contributed by atoms with E-state index in [0.717, 1.165) is 0 Å². The van der Waals surface area contributed by atoms with Gasteiger partial charge in [-0.1, -0.05) is 48.5 Å². The molecule has 0 spiro atoms. The molecule has 3 rings (SSSR count). The van der Waals surface area contributed by atoms with Gasteiger partial charge in [-0.2, -0.15) is 0 Å². The van der Waals surface area contributed by atoms with Crippen molar-refractivity contribution in [3.63, 3.8) is 0 Å². The third kappa shape index (κ3) is 4.17. The highest BCUT2D eigenvalue weighted by molar-refractivity contribution is 6.46. The number of para-hydroxylation sites is 1. The maximum Gasteiger partial charge on any atom is 0.295 e. The number of carbonyl (C=O) groups excluding carboxylic acids is 2. The summed E-state index contributed by atoms with van der Waals surface area (Å²) in [5.74, 6) is -1.01. The lowest BCUT2D eigenvalue weighted by Gasteiger charge is -2.27. The Hall–Kier alpha value is -3.12. The highest BCUT2D eigenvalue weighted by Gasteiger charge is 2.46. The summed E-state index contributed by atoms with van der Waals surface area (Å²) in [5, 5.41) is 11.0. The van der Waals surface area contributed by atoms with Gasteiger partial charge in [-0.05, 0) is 19.9 Å². The summed E-state index contributed by atoms with van der Waals surface area (Å²) in [6, 6.07) is 15.2. The fourth-order valence-electron chi connectivity index (χ4n) is 3.44. The Labute approximate surface area is 170 Å². The Kier molecular flexibility index (Phi) is 6.34. The fraction of sp³-hybridized carbons (Fsp3) is 0.304. The van der Waals surface area contributed by atoms with E-state index in [1.165, 1.54) is 12.0 Å².